The lowest BCUT2D eigenvalue weighted by molar-refractivity contribution is -0.131. The minimum Gasteiger partial charge on any atom is -0.495 e. The van der Waals surface area contributed by atoms with Crippen LogP contribution in [-0.2, 0) is 4.79 Å². The van der Waals surface area contributed by atoms with Crippen molar-refractivity contribution in [3.63, 3.8) is 0 Å². The van der Waals surface area contributed by atoms with Crippen LogP contribution >= 0.6 is 0 Å². The first-order valence-electron chi connectivity index (χ1n) is 9.50. The van der Waals surface area contributed by atoms with Gasteiger partial charge in [-0.05, 0) is 32.0 Å². The highest BCUT2D eigenvalue weighted by atomic mass is 16.5. The van der Waals surface area contributed by atoms with Gasteiger partial charge >= 0.3 is 0 Å². The molecule has 1 aromatic carbocycles. The monoisotopic (exact) mass is 385 g/mol. The number of anilines is 1. The third kappa shape index (κ3) is 4.47. The van der Waals surface area contributed by atoms with Crippen molar-refractivity contribution in [1.82, 2.24) is 10.2 Å². The molecule has 1 aliphatic rings. The van der Waals surface area contributed by atoms with E-state index in [0.717, 1.165) is 24.5 Å². The molecule has 7 heteroatoms. The number of para-hydroxylation sites is 2. The summed E-state index contributed by atoms with van der Waals surface area (Å²) in [6.45, 7) is 6.70. The van der Waals surface area contributed by atoms with Crippen molar-refractivity contribution in [3.8, 4) is 5.75 Å². The van der Waals surface area contributed by atoms with E-state index in [-0.39, 0.29) is 18.2 Å². The topological polar surface area (TPSA) is 75.0 Å². The second kappa shape index (κ2) is 8.82. The maximum absolute atomic E-state index is 12.5. The molecule has 2 amide bonds. The van der Waals surface area contributed by atoms with Gasteiger partial charge in [0.25, 0.3) is 5.91 Å². The molecule has 7 nitrogen and oxygen atoms in total. The lowest BCUT2D eigenvalue weighted by Crippen LogP contribution is -2.49. The van der Waals surface area contributed by atoms with Crippen LogP contribution in [0.3, 0.4) is 0 Å². The zero-order chi connectivity index (χ0) is 20.1. The molecule has 1 fully saturated rings. The highest BCUT2D eigenvalue weighted by Crippen LogP contribution is 2.28. The largest absolute Gasteiger partial charge is 0.495 e. The molecule has 0 unspecified atom stereocenters. The number of nitrogens with one attached hydrogen (secondary N) is 1. The van der Waals surface area contributed by atoms with Crippen molar-refractivity contribution in [3.05, 3.63) is 47.4 Å². The predicted octanol–water partition coefficient (Wildman–Crippen LogP) is 2.37. The van der Waals surface area contributed by atoms with Gasteiger partial charge in [0.15, 0.2) is 0 Å². The molecular weight excluding hydrogens is 358 g/mol. The maximum atomic E-state index is 12.5. The van der Waals surface area contributed by atoms with Gasteiger partial charge in [-0.25, -0.2) is 0 Å². The van der Waals surface area contributed by atoms with Gasteiger partial charge in [-0.15, -0.1) is 0 Å². The Kier molecular flexibility index (Phi) is 6.23. The third-order valence-corrected chi connectivity index (χ3v) is 4.97. The summed E-state index contributed by atoms with van der Waals surface area (Å²) in [5.41, 5.74) is 1.57. The number of amides is 2. The molecule has 0 radical (unpaired) electrons. The Hall–Kier alpha value is -2.96. The number of ether oxygens (including phenoxy) is 1. The number of hydrogen-bond donors (Lipinski definition) is 1. The molecule has 150 valence electrons. The van der Waals surface area contributed by atoms with E-state index in [1.54, 1.807) is 27.0 Å². The van der Waals surface area contributed by atoms with Gasteiger partial charge in [-0.3, -0.25) is 9.59 Å². The number of methoxy groups -OCH3 is 1. The van der Waals surface area contributed by atoms with Gasteiger partial charge in [-0.1, -0.05) is 12.1 Å². The number of furan rings is 1. The summed E-state index contributed by atoms with van der Waals surface area (Å²) in [5.74, 6) is 1.98. The molecule has 0 bridgehead atoms. The van der Waals surface area contributed by atoms with Gasteiger partial charge in [0.2, 0.25) is 5.91 Å². The Morgan fingerprint density at radius 2 is 1.86 bits per heavy atom. The SMILES string of the molecule is COc1ccccc1N1CCN(C(=O)CCNC(=O)c2cc(C)oc2C)CC1. The molecule has 1 aliphatic heterocycles. The summed E-state index contributed by atoms with van der Waals surface area (Å²) in [4.78, 5) is 28.7. The molecule has 1 N–H and O–H groups in total. The standard InChI is InChI=1S/C21H27N3O4/c1-15-14-17(16(2)28-15)21(26)22-9-8-20(25)24-12-10-23(11-13-24)18-6-4-5-7-19(18)27-3/h4-7,14H,8-13H2,1-3H3,(H,22,26). The van der Waals surface area contributed by atoms with E-state index < -0.39 is 0 Å². The van der Waals surface area contributed by atoms with Gasteiger partial charge in [0.05, 0.1) is 18.4 Å². The molecule has 0 aliphatic carbocycles. The highest BCUT2D eigenvalue weighted by molar-refractivity contribution is 5.95. The quantitative estimate of drug-likeness (QED) is 0.826. The van der Waals surface area contributed by atoms with Gasteiger partial charge in [0, 0.05) is 39.1 Å². The van der Waals surface area contributed by atoms with Crippen LogP contribution in [0.4, 0.5) is 5.69 Å². The van der Waals surface area contributed by atoms with Gasteiger partial charge < -0.3 is 24.3 Å². The van der Waals surface area contributed by atoms with E-state index in [0.29, 0.717) is 36.7 Å². The molecule has 28 heavy (non-hydrogen) atoms. The van der Waals surface area contributed by atoms with E-state index in [2.05, 4.69) is 10.2 Å². The van der Waals surface area contributed by atoms with E-state index in [1.165, 1.54) is 0 Å². The smallest absolute Gasteiger partial charge is 0.254 e. The number of hydrogen-bond acceptors (Lipinski definition) is 5. The lowest BCUT2D eigenvalue weighted by atomic mass is 10.2. The van der Waals surface area contributed by atoms with Crippen molar-refractivity contribution in [2.75, 3.05) is 44.7 Å². The molecule has 2 heterocycles. The predicted molar refractivity (Wildman–Crippen MR) is 107 cm³/mol. The third-order valence-electron chi connectivity index (χ3n) is 4.97. The molecule has 3 rings (SSSR count). The number of nitrogens with zero attached hydrogens (tertiary/aromatic N) is 2. The summed E-state index contributed by atoms with van der Waals surface area (Å²) in [6, 6.07) is 9.62. The average molecular weight is 385 g/mol. The van der Waals surface area contributed by atoms with Crippen LogP contribution in [0.2, 0.25) is 0 Å². The molecule has 1 saturated heterocycles. The first-order chi connectivity index (χ1) is 13.5. The van der Waals surface area contributed by atoms with Crippen molar-refractivity contribution >= 4 is 17.5 Å². The number of piperazine rings is 1. The van der Waals surface area contributed by atoms with Crippen LogP contribution in [0.25, 0.3) is 0 Å². The Balaban J connectivity index is 1.45. The Morgan fingerprint density at radius 1 is 1.14 bits per heavy atom. The fourth-order valence-corrected chi connectivity index (χ4v) is 3.48. The minimum atomic E-state index is -0.205. The Morgan fingerprint density at radius 3 is 2.50 bits per heavy atom. The fourth-order valence-electron chi connectivity index (χ4n) is 3.48. The van der Waals surface area contributed by atoms with Crippen molar-refractivity contribution in [2.45, 2.75) is 20.3 Å². The highest BCUT2D eigenvalue weighted by Gasteiger charge is 2.23. The molecule has 2 aromatic rings. The number of benzene rings is 1. The summed E-state index contributed by atoms with van der Waals surface area (Å²) < 4.78 is 10.8. The zero-order valence-corrected chi connectivity index (χ0v) is 16.7. The van der Waals surface area contributed by atoms with Crippen LogP contribution in [0.5, 0.6) is 5.75 Å². The second-order valence-corrected chi connectivity index (χ2v) is 6.87. The second-order valence-electron chi connectivity index (χ2n) is 6.87. The van der Waals surface area contributed by atoms with Gasteiger partial charge in [-0.2, -0.15) is 0 Å². The van der Waals surface area contributed by atoms with Crippen LogP contribution in [0.1, 0.15) is 28.3 Å². The van der Waals surface area contributed by atoms with Crippen molar-refractivity contribution in [1.29, 1.82) is 0 Å². The summed E-state index contributed by atoms with van der Waals surface area (Å²) in [5, 5.41) is 2.80. The Labute approximate surface area is 165 Å². The fraction of sp³-hybridized carbons (Fsp3) is 0.429. The Bertz CT molecular complexity index is 838. The number of carbonyl (C=O) groups excluding carboxylic acids is 2. The van der Waals surface area contributed by atoms with Crippen LogP contribution in [0, 0.1) is 13.8 Å². The van der Waals surface area contributed by atoms with E-state index in [9.17, 15) is 9.59 Å². The number of aryl methyl sites for hydroxylation is 2. The van der Waals surface area contributed by atoms with Gasteiger partial charge in [0.1, 0.15) is 17.3 Å². The maximum Gasteiger partial charge on any atom is 0.254 e. The number of carbonyl (C=O) groups is 2. The van der Waals surface area contributed by atoms with E-state index in [1.807, 2.05) is 29.2 Å². The summed E-state index contributed by atoms with van der Waals surface area (Å²) in [6.07, 6.45) is 0.288. The lowest BCUT2D eigenvalue weighted by Gasteiger charge is -2.36. The first-order valence-corrected chi connectivity index (χ1v) is 9.50. The number of rotatable bonds is 6. The molecule has 1 aromatic heterocycles. The zero-order valence-electron chi connectivity index (χ0n) is 16.7. The molecular formula is C21H27N3O4. The molecule has 0 saturated carbocycles. The molecule has 0 atom stereocenters. The normalized spacial score (nSPS) is 14.1. The summed E-state index contributed by atoms with van der Waals surface area (Å²) >= 11 is 0. The summed E-state index contributed by atoms with van der Waals surface area (Å²) in [7, 11) is 1.67. The average Bonchev–Trinajstić information content (AvgIpc) is 3.06. The van der Waals surface area contributed by atoms with Crippen LogP contribution in [-0.4, -0.2) is 56.5 Å². The van der Waals surface area contributed by atoms with E-state index >= 15 is 0 Å². The van der Waals surface area contributed by atoms with E-state index in [4.69, 9.17) is 9.15 Å². The van der Waals surface area contributed by atoms with Crippen molar-refractivity contribution < 1.29 is 18.7 Å². The van der Waals surface area contributed by atoms with Crippen LogP contribution < -0.4 is 15.0 Å². The van der Waals surface area contributed by atoms with Crippen molar-refractivity contribution in [2.24, 2.45) is 0 Å². The first kappa shape index (κ1) is 19.8. The van der Waals surface area contributed by atoms with Crippen LogP contribution in [0.15, 0.2) is 34.7 Å². The minimum absolute atomic E-state index is 0.0556. The molecule has 0 spiro atoms.